The lowest BCUT2D eigenvalue weighted by molar-refractivity contribution is 0.525. The largest absolute Gasteiger partial charge is 0.204 e. The van der Waals surface area contributed by atoms with Crippen molar-refractivity contribution in [1.82, 2.24) is 0 Å². The molecule has 0 aliphatic rings. The van der Waals surface area contributed by atoms with Gasteiger partial charge in [-0.25, -0.2) is 8.78 Å². The summed E-state index contributed by atoms with van der Waals surface area (Å²) in [5.74, 6) is -1.39. The molecule has 2 heteroatoms. The van der Waals surface area contributed by atoms with Gasteiger partial charge in [0.25, 0.3) is 0 Å². The van der Waals surface area contributed by atoms with Crippen molar-refractivity contribution in [3.63, 3.8) is 0 Å². The van der Waals surface area contributed by atoms with E-state index in [0.29, 0.717) is 17.6 Å². The smallest absolute Gasteiger partial charge is 0.157 e. The predicted octanol–water partition coefficient (Wildman–Crippen LogP) is 4.29. The van der Waals surface area contributed by atoms with Crippen LogP contribution in [0.3, 0.4) is 0 Å². The molecule has 0 aromatic carbocycles. The third kappa shape index (κ3) is 3.16. The van der Waals surface area contributed by atoms with E-state index < -0.39 is 11.7 Å². The lowest BCUT2D eigenvalue weighted by Crippen LogP contribution is -1.86. The molecule has 0 unspecified atom stereocenters. The van der Waals surface area contributed by atoms with Gasteiger partial charge in [0.2, 0.25) is 0 Å². The highest BCUT2D eigenvalue weighted by atomic mass is 19.2. The Morgan fingerprint density at radius 2 is 1.50 bits per heavy atom. The Labute approximate surface area is 73.0 Å². The molecule has 0 bridgehead atoms. The van der Waals surface area contributed by atoms with Crippen LogP contribution in [0, 0.1) is 0 Å². The summed E-state index contributed by atoms with van der Waals surface area (Å²) in [5.41, 5.74) is 0.888. The molecule has 0 aliphatic heterocycles. The number of halogens is 2. The second kappa shape index (κ2) is 5.07. The van der Waals surface area contributed by atoms with Crippen molar-refractivity contribution >= 4 is 0 Å². The summed E-state index contributed by atoms with van der Waals surface area (Å²) >= 11 is 0. The normalized spacial score (nSPS) is 12.5. The zero-order valence-corrected chi connectivity index (χ0v) is 8.17. The number of hydrogen-bond acceptors (Lipinski definition) is 0. The maximum Gasteiger partial charge on any atom is 0.157 e. The van der Waals surface area contributed by atoms with Crippen LogP contribution in [0.1, 0.15) is 40.5 Å². The standard InChI is InChI=1S/C10H16F2/c1-5-6-8(4)10(12)9(11)7(2)3/h5-6H2,1-4H3/b10-8+. The molecule has 70 valence electrons. The molecule has 0 radical (unpaired) electrons. The van der Waals surface area contributed by atoms with Crippen LogP contribution in [-0.4, -0.2) is 0 Å². The molecule has 0 saturated carbocycles. The summed E-state index contributed by atoms with van der Waals surface area (Å²) in [6.45, 7) is 6.70. The maximum absolute atomic E-state index is 13.1. The van der Waals surface area contributed by atoms with Crippen LogP contribution < -0.4 is 0 Å². The average molecular weight is 174 g/mol. The molecule has 0 saturated heterocycles. The monoisotopic (exact) mass is 174 g/mol. The van der Waals surface area contributed by atoms with E-state index in [0.717, 1.165) is 6.42 Å². The third-order valence-corrected chi connectivity index (χ3v) is 1.63. The lowest BCUT2D eigenvalue weighted by atomic mass is 10.1. The SMILES string of the molecule is CCC/C(C)=C(/F)C(F)=C(C)C. The molecular weight excluding hydrogens is 158 g/mol. The van der Waals surface area contributed by atoms with Gasteiger partial charge in [0.05, 0.1) is 0 Å². The van der Waals surface area contributed by atoms with E-state index >= 15 is 0 Å². The summed E-state index contributed by atoms with van der Waals surface area (Å²) in [7, 11) is 0. The van der Waals surface area contributed by atoms with Crippen LogP contribution in [0.5, 0.6) is 0 Å². The minimum Gasteiger partial charge on any atom is -0.204 e. The van der Waals surface area contributed by atoms with Gasteiger partial charge in [-0.1, -0.05) is 13.3 Å². The highest BCUT2D eigenvalue weighted by Crippen LogP contribution is 2.23. The summed E-state index contributed by atoms with van der Waals surface area (Å²) in [6.07, 6.45) is 1.46. The Kier molecular flexibility index (Phi) is 4.79. The fraction of sp³-hybridized carbons (Fsp3) is 0.600. The molecule has 12 heavy (non-hydrogen) atoms. The Balaban J connectivity index is 4.67. The van der Waals surface area contributed by atoms with Crippen molar-refractivity contribution in [3.8, 4) is 0 Å². The van der Waals surface area contributed by atoms with Gasteiger partial charge in [-0.3, -0.25) is 0 Å². The van der Waals surface area contributed by atoms with Gasteiger partial charge in [-0.2, -0.15) is 0 Å². The molecule has 0 nitrogen and oxygen atoms in total. The van der Waals surface area contributed by atoms with Gasteiger partial charge < -0.3 is 0 Å². The van der Waals surface area contributed by atoms with E-state index in [1.807, 2.05) is 6.92 Å². The quantitative estimate of drug-likeness (QED) is 0.560. The van der Waals surface area contributed by atoms with Gasteiger partial charge in [0.15, 0.2) is 11.7 Å². The van der Waals surface area contributed by atoms with Crippen LogP contribution >= 0.6 is 0 Å². The highest BCUT2D eigenvalue weighted by molar-refractivity contribution is 5.26. The van der Waals surface area contributed by atoms with Gasteiger partial charge >= 0.3 is 0 Å². The predicted molar refractivity (Wildman–Crippen MR) is 48.2 cm³/mol. The third-order valence-electron chi connectivity index (χ3n) is 1.63. The van der Waals surface area contributed by atoms with Gasteiger partial charge in [-0.05, 0) is 38.3 Å². The van der Waals surface area contributed by atoms with E-state index in [1.165, 1.54) is 0 Å². The van der Waals surface area contributed by atoms with Crippen molar-refractivity contribution in [2.24, 2.45) is 0 Å². The van der Waals surface area contributed by atoms with Crippen molar-refractivity contribution in [1.29, 1.82) is 0 Å². The Bertz CT molecular complexity index is 208. The second-order valence-corrected chi connectivity index (χ2v) is 3.16. The summed E-state index contributed by atoms with van der Waals surface area (Å²) in [5, 5.41) is 0. The van der Waals surface area contributed by atoms with Crippen LogP contribution in [0.25, 0.3) is 0 Å². The van der Waals surface area contributed by atoms with Crippen molar-refractivity contribution < 1.29 is 8.78 Å². The summed E-state index contributed by atoms with van der Waals surface area (Å²) in [4.78, 5) is 0. The molecule has 0 atom stereocenters. The van der Waals surface area contributed by atoms with Gasteiger partial charge in [0.1, 0.15) is 0 Å². The first-order valence-electron chi connectivity index (χ1n) is 4.19. The zero-order valence-electron chi connectivity index (χ0n) is 8.17. The Morgan fingerprint density at radius 3 is 1.83 bits per heavy atom. The first kappa shape index (κ1) is 11.3. The maximum atomic E-state index is 13.1. The minimum absolute atomic E-state index is 0.392. The molecule has 0 amide bonds. The molecule has 0 aromatic heterocycles. The van der Waals surface area contributed by atoms with Crippen molar-refractivity contribution in [2.75, 3.05) is 0 Å². The van der Waals surface area contributed by atoms with Crippen LogP contribution in [0.15, 0.2) is 22.8 Å². The first-order chi connectivity index (χ1) is 5.50. The lowest BCUT2D eigenvalue weighted by Gasteiger charge is -2.01. The molecule has 0 N–H and O–H groups in total. The Hall–Kier alpha value is -0.660. The number of allylic oxidation sites excluding steroid dienone is 4. The molecule has 0 fully saturated rings. The molecule has 0 aliphatic carbocycles. The molecule has 0 rings (SSSR count). The fourth-order valence-corrected chi connectivity index (χ4v) is 0.892. The molecular formula is C10H16F2. The Morgan fingerprint density at radius 1 is 1.00 bits per heavy atom. The zero-order chi connectivity index (χ0) is 9.72. The summed E-state index contributed by atoms with van der Waals surface area (Å²) < 4.78 is 26.0. The first-order valence-corrected chi connectivity index (χ1v) is 4.19. The van der Waals surface area contributed by atoms with E-state index in [-0.39, 0.29) is 0 Å². The van der Waals surface area contributed by atoms with Crippen LogP contribution in [0.4, 0.5) is 8.78 Å². The average Bonchev–Trinajstić information content (AvgIpc) is 2.02. The van der Waals surface area contributed by atoms with E-state index in [2.05, 4.69) is 0 Å². The van der Waals surface area contributed by atoms with E-state index in [4.69, 9.17) is 0 Å². The fourth-order valence-electron chi connectivity index (χ4n) is 0.892. The molecule has 0 spiro atoms. The number of hydrogen-bond donors (Lipinski definition) is 0. The minimum atomic E-state index is -0.707. The second-order valence-electron chi connectivity index (χ2n) is 3.16. The van der Waals surface area contributed by atoms with Gasteiger partial charge in [0, 0.05) is 0 Å². The van der Waals surface area contributed by atoms with E-state index in [9.17, 15) is 8.78 Å². The molecule has 0 aromatic rings. The van der Waals surface area contributed by atoms with Gasteiger partial charge in [-0.15, -0.1) is 0 Å². The highest BCUT2D eigenvalue weighted by Gasteiger charge is 2.08. The number of rotatable bonds is 3. The molecule has 0 heterocycles. The van der Waals surface area contributed by atoms with Crippen molar-refractivity contribution in [3.05, 3.63) is 22.8 Å². The van der Waals surface area contributed by atoms with Crippen LogP contribution in [-0.2, 0) is 0 Å². The van der Waals surface area contributed by atoms with Crippen LogP contribution in [0.2, 0.25) is 0 Å². The van der Waals surface area contributed by atoms with E-state index in [1.54, 1.807) is 20.8 Å². The topological polar surface area (TPSA) is 0 Å². The van der Waals surface area contributed by atoms with Crippen molar-refractivity contribution in [2.45, 2.75) is 40.5 Å². The summed E-state index contributed by atoms with van der Waals surface area (Å²) in [6, 6.07) is 0.